The molecule has 0 saturated carbocycles. The quantitative estimate of drug-likeness (QED) is 0.801. The summed E-state index contributed by atoms with van der Waals surface area (Å²) in [4.78, 5) is 11.3. The molecular weight excluding hydrogens is 356 g/mol. The Hall–Kier alpha value is -1.89. The number of fused-ring (bicyclic) bond motifs is 2. The van der Waals surface area contributed by atoms with E-state index in [-0.39, 0.29) is 0 Å². The van der Waals surface area contributed by atoms with Crippen LogP contribution in [0.3, 0.4) is 0 Å². The molecule has 1 N–H and O–H groups in total. The molecule has 0 spiro atoms. The second kappa shape index (κ2) is 8.00. The molecule has 1 fully saturated rings. The molecule has 1 unspecified atom stereocenters. The van der Waals surface area contributed by atoms with E-state index in [1.807, 2.05) is 0 Å². The van der Waals surface area contributed by atoms with E-state index in [9.17, 15) is 0 Å². The van der Waals surface area contributed by atoms with Crippen LogP contribution in [0.25, 0.3) is 0 Å². The third-order valence-electron chi connectivity index (χ3n) is 5.35. The summed E-state index contributed by atoms with van der Waals surface area (Å²) in [5, 5.41) is 4.80. The van der Waals surface area contributed by atoms with Crippen LogP contribution in [0.4, 0.5) is 16.4 Å². The van der Waals surface area contributed by atoms with Gasteiger partial charge in [0.15, 0.2) is 0 Å². The van der Waals surface area contributed by atoms with E-state index in [1.54, 1.807) is 11.3 Å². The van der Waals surface area contributed by atoms with Gasteiger partial charge < -0.3 is 15.0 Å². The number of nitrogens with zero attached hydrogens (tertiary/aromatic N) is 3. The SMILES string of the molecule is CCOCCC1CN(C2=Nc3ccccc3Nc3sc(C)cc32)CCN1C. The minimum Gasteiger partial charge on any atom is -0.382 e. The van der Waals surface area contributed by atoms with Crippen molar-refractivity contribution in [2.45, 2.75) is 26.3 Å². The van der Waals surface area contributed by atoms with Crippen molar-refractivity contribution >= 4 is 33.5 Å². The summed E-state index contributed by atoms with van der Waals surface area (Å²) in [6, 6.07) is 11.1. The lowest BCUT2D eigenvalue weighted by Crippen LogP contribution is -2.53. The number of rotatable bonds is 4. The van der Waals surface area contributed by atoms with E-state index < -0.39 is 0 Å². The number of hydrogen-bond donors (Lipinski definition) is 1. The molecule has 0 bridgehead atoms. The zero-order chi connectivity index (χ0) is 18.8. The maximum Gasteiger partial charge on any atom is 0.139 e. The first-order chi connectivity index (χ1) is 13.2. The van der Waals surface area contributed by atoms with Crippen molar-refractivity contribution in [3.63, 3.8) is 0 Å². The summed E-state index contributed by atoms with van der Waals surface area (Å²) in [6.45, 7) is 8.85. The van der Waals surface area contributed by atoms with Crippen molar-refractivity contribution in [1.82, 2.24) is 9.80 Å². The van der Waals surface area contributed by atoms with Crippen molar-refractivity contribution < 1.29 is 4.74 Å². The highest BCUT2D eigenvalue weighted by molar-refractivity contribution is 7.16. The van der Waals surface area contributed by atoms with E-state index in [2.05, 4.69) is 66.3 Å². The maximum atomic E-state index is 5.61. The lowest BCUT2D eigenvalue weighted by atomic mass is 10.1. The minimum absolute atomic E-state index is 0.489. The highest BCUT2D eigenvalue weighted by Crippen LogP contribution is 2.39. The molecule has 0 radical (unpaired) electrons. The van der Waals surface area contributed by atoms with Crippen molar-refractivity contribution in [2.75, 3.05) is 45.2 Å². The van der Waals surface area contributed by atoms with Gasteiger partial charge in [0.05, 0.1) is 16.9 Å². The van der Waals surface area contributed by atoms with Crippen molar-refractivity contribution in [3.8, 4) is 0 Å². The Morgan fingerprint density at radius 2 is 2.15 bits per heavy atom. The van der Waals surface area contributed by atoms with Crippen LogP contribution in [0.1, 0.15) is 23.8 Å². The zero-order valence-electron chi connectivity index (χ0n) is 16.4. The predicted molar refractivity (Wildman–Crippen MR) is 114 cm³/mol. The van der Waals surface area contributed by atoms with Crippen LogP contribution in [-0.2, 0) is 4.74 Å². The monoisotopic (exact) mass is 384 g/mol. The van der Waals surface area contributed by atoms with E-state index >= 15 is 0 Å². The number of hydrogen-bond acceptors (Lipinski definition) is 6. The molecule has 2 aromatic rings. The molecule has 0 aliphatic carbocycles. The van der Waals surface area contributed by atoms with Crippen molar-refractivity contribution in [1.29, 1.82) is 0 Å². The fraction of sp³-hybridized carbons (Fsp3) is 0.476. The number of thiophene rings is 1. The van der Waals surface area contributed by atoms with Gasteiger partial charge in [-0.15, -0.1) is 11.3 Å². The molecule has 1 aromatic carbocycles. The molecule has 3 heterocycles. The van der Waals surface area contributed by atoms with Crippen LogP contribution < -0.4 is 5.32 Å². The normalized spacial score (nSPS) is 19.7. The topological polar surface area (TPSA) is 40.1 Å². The van der Waals surface area contributed by atoms with Gasteiger partial charge in [0.25, 0.3) is 0 Å². The molecule has 1 saturated heterocycles. The Bertz CT molecular complexity index is 831. The molecule has 2 aliphatic heterocycles. The van der Waals surface area contributed by atoms with Gasteiger partial charge in [0, 0.05) is 43.8 Å². The Balaban J connectivity index is 1.65. The zero-order valence-corrected chi connectivity index (χ0v) is 17.2. The van der Waals surface area contributed by atoms with Gasteiger partial charge in [0.2, 0.25) is 0 Å². The van der Waals surface area contributed by atoms with Crippen LogP contribution in [0.5, 0.6) is 0 Å². The highest BCUT2D eigenvalue weighted by Gasteiger charge is 2.29. The number of amidine groups is 1. The van der Waals surface area contributed by atoms with E-state index in [0.717, 1.165) is 56.5 Å². The molecular formula is C21H28N4OS. The molecule has 0 amide bonds. The molecule has 4 rings (SSSR count). The number of anilines is 2. The van der Waals surface area contributed by atoms with Gasteiger partial charge in [0.1, 0.15) is 10.8 Å². The second-order valence-corrected chi connectivity index (χ2v) is 8.50. The smallest absolute Gasteiger partial charge is 0.139 e. The Kier molecular flexibility index (Phi) is 5.48. The molecule has 27 heavy (non-hydrogen) atoms. The van der Waals surface area contributed by atoms with Gasteiger partial charge in [-0.1, -0.05) is 12.1 Å². The van der Waals surface area contributed by atoms with E-state index in [0.29, 0.717) is 6.04 Å². The predicted octanol–water partition coefficient (Wildman–Crippen LogP) is 4.23. The number of aryl methyl sites for hydroxylation is 1. The lowest BCUT2D eigenvalue weighted by molar-refractivity contribution is 0.0843. The Labute approximate surface area is 165 Å². The van der Waals surface area contributed by atoms with Gasteiger partial charge >= 0.3 is 0 Å². The lowest BCUT2D eigenvalue weighted by Gasteiger charge is -2.41. The number of benzene rings is 1. The summed E-state index contributed by atoms with van der Waals surface area (Å²) in [5.41, 5.74) is 3.32. The summed E-state index contributed by atoms with van der Waals surface area (Å²) in [6.07, 6.45) is 1.05. The number of para-hydroxylation sites is 2. The van der Waals surface area contributed by atoms with Gasteiger partial charge in [-0.25, -0.2) is 4.99 Å². The van der Waals surface area contributed by atoms with Crippen LogP contribution in [0, 0.1) is 6.92 Å². The standard InChI is InChI=1S/C21H28N4OS/c1-4-26-12-9-16-14-25(11-10-24(16)3)20-17-13-15(2)27-21(17)23-19-8-6-5-7-18(19)22-20/h5-8,13,16,23H,4,9-12,14H2,1-3H3. The van der Waals surface area contributed by atoms with E-state index in [4.69, 9.17) is 9.73 Å². The van der Waals surface area contributed by atoms with Crippen molar-refractivity contribution in [3.05, 3.63) is 40.8 Å². The molecule has 2 aliphatic rings. The maximum absolute atomic E-state index is 5.61. The average Bonchev–Trinajstić information content (AvgIpc) is 2.95. The Morgan fingerprint density at radius 1 is 1.30 bits per heavy atom. The fourth-order valence-electron chi connectivity index (χ4n) is 3.80. The largest absolute Gasteiger partial charge is 0.382 e. The molecule has 1 aromatic heterocycles. The third-order valence-corrected chi connectivity index (χ3v) is 6.32. The van der Waals surface area contributed by atoms with Gasteiger partial charge in [-0.05, 0) is 45.5 Å². The number of likely N-dealkylation sites (N-methyl/N-ethyl adjacent to an activating group) is 1. The van der Waals surface area contributed by atoms with Crippen molar-refractivity contribution in [2.24, 2.45) is 4.99 Å². The third kappa shape index (κ3) is 3.88. The number of piperazine rings is 1. The highest BCUT2D eigenvalue weighted by atomic mass is 32.1. The second-order valence-electron chi connectivity index (χ2n) is 7.24. The summed E-state index contributed by atoms with van der Waals surface area (Å²) >= 11 is 1.80. The van der Waals surface area contributed by atoms with Gasteiger partial charge in [-0.2, -0.15) is 0 Å². The Morgan fingerprint density at radius 3 is 3.00 bits per heavy atom. The first-order valence-corrected chi connectivity index (χ1v) is 10.6. The minimum atomic E-state index is 0.489. The van der Waals surface area contributed by atoms with Crippen LogP contribution >= 0.6 is 11.3 Å². The summed E-state index contributed by atoms with van der Waals surface area (Å²) < 4.78 is 5.61. The molecule has 1 atom stereocenters. The van der Waals surface area contributed by atoms with E-state index in [1.165, 1.54) is 15.4 Å². The number of nitrogens with one attached hydrogen (secondary N) is 1. The molecule has 6 heteroatoms. The first-order valence-electron chi connectivity index (χ1n) is 9.74. The molecule has 5 nitrogen and oxygen atoms in total. The van der Waals surface area contributed by atoms with Crippen LogP contribution in [0.2, 0.25) is 0 Å². The summed E-state index contributed by atoms with van der Waals surface area (Å²) in [5.74, 6) is 1.10. The molecule has 144 valence electrons. The summed E-state index contributed by atoms with van der Waals surface area (Å²) in [7, 11) is 2.22. The van der Waals surface area contributed by atoms with Crippen LogP contribution in [-0.4, -0.2) is 61.6 Å². The number of ether oxygens (including phenoxy) is 1. The van der Waals surface area contributed by atoms with Gasteiger partial charge in [-0.3, -0.25) is 4.90 Å². The average molecular weight is 385 g/mol. The fourth-order valence-corrected chi connectivity index (χ4v) is 4.72. The first kappa shape index (κ1) is 18.5. The van der Waals surface area contributed by atoms with Crippen LogP contribution in [0.15, 0.2) is 35.3 Å². The number of aliphatic imine (C=N–C) groups is 1.